The van der Waals surface area contributed by atoms with Gasteiger partial charge >= 0.3 is 0 Å². The maximum atomic E-state index is 12.1. The number of anilines is 2. The van der Waals surface area contributed by atoms with Gasteiger partial charge in [-0.25, -0.2) is 4.98 Å². The Balaban J connectivity index is 1.56. The summed E-state index contributed by atoms with van der Waals surface area (Å²) in [5.41, 5.74) is 2.81. The van der Waals surface area contributed by atoms with E-state index in [-0.39, 0.29) is 24.2 Å². The topological polar surface area (TPSA) is 71.1 Å². The van der Waals surface area contributed by atoms with Crippen LogP contribution >= 0.6 is 15.9 Å². The summed E-state index contributed by atoms with van der Waals surface area (Å²) in [6, 6.07) is 11.4. The van der Waals surface area contributed by atoms with Crippen molar-refractivity contribution in [3.63, 3.8) is 0 Å². The number of fused-ring (bicyclic) bond motifs is 1. The third kappa shape index (κ3) is 3.82. The number of hydrogen-bond acceptors (Lipinski definition) is 3. The van der Waals surface area contributed by atoms with Gasteiger partial charge in [0.15, 0.2) is 0 Å². The average molecular weight is 388 g/mol. The summed E-state index contributed by atoms with van der Waals surface area (Å²) in [6.45, 7) is 1.86. The Labute approximate surface area is 149 Å². The highest BCUT2D eigenvalue weighted by Crippen LogP contribution is 2.27. The van der Waals surface area contributed by atoms with Crippen LogP contribution in [0.25, 0.3) is 0 Å². The van der Waals surface area contributed by atoms with Gasteiger partial charge < -0.3 is 10.6 Å². The average Bonchev–Trinajstić information content (AvgIpc) is 2.56. The van der Waals surface area contributed by atoms with Gasteiger partial charge in [0.05, 0.1) is 5.69 Å². The molecular weight excluding hydrogens is 370 g/mol. The fourth-order valence-electron chi connectivity index (χ4n) is 2.77. The molecule has 5 nitrogen and oxygen atoms in total. The van der Waals surface area contributed by atoms with Crippen LogP contribution < -0.4 is 10.6 Å². The first-order valence-corrected chi connectivity index (χ1v) is 8.64. The minimum absolute atomic E-state index is 0.0147. The summed E-state index contributed by atoms with van der Waals surface area (Å²) >= 11 is 3.38. The molecule has 2 N–H and O–H groups in total. The first kappa shape index (κ1) is 16.6. The molecule has 1 atom stereocenters. The van der Waals surface area contributed by atoms with Crippen LogP contribution in [0.2, 0.25) is 0 Å². The molecule has 0 radical (unpaired) electrons. The number of rotatable bonds is 4. The molecule has 2 aromatic rings. The van der Waals surface area contributed by atoms with Gasteiger partial charge in [0, 0.05) is 22.5 Å². The first-order chi connectivity index (χ1) is 11.5. The largest absolute Gasteiger partial charge is 0.326 e. The zero-order valence-corrected chi connectivity index (χ0v) is 14.9. The fraction of sp³-hybridized carbons (Fsp3) is 0.278. The van der Waals surface area contributed by atoms with Crippen molar-refractivity contribution in [1.29, 1.82) is 0 Å². The van der Waals surface area contributed by atoms with Crippen molar-refractivity contribution < 1.29 is 9.59 Å². The minimum atomic E-state index is -0.176. The zero-order chi connectivity index (χ0) is 17.1. The standard InChI is InChI=1S/C18H18BrN3O2/c1-11-14(19)7-8-16(20-11)22-17(23)9-6-13-10-12-4-2-3-5-15(12)21-18(13)24/h2-5,7-8,13H,6,9-10H2,1H3,(H,21,24)(H,20,22,23)/t13-/m0/s1. The molecule has 0 aliphatic carbocycles. The molecule has 3 rings (SSSR count). The molecule has 24 heavy (non-hydrogen) atoms. The van der Waals surface area contributed by atoms with Crippen molar-refractivity contribution in [2.24, 2.45) is 5.92 Å². The normalized spacial score (nSPS) is 16.2. The van der Waals surface area contributed by atoms with Crippen molar-refractivity contribution in [3.05, 3.63) is 52.1 Å². The Kier molecular flexibility index (Phi) is 4.94. The van der Waals surface area contributed by atoms with Crippen LogP contribution in [0.3, 0.4) is 0 Å². The molecular formula is C18H18BrN3O2. The van der Waals surface area contributed by atoms with Crippen molar-refractivity contribution in [3.8, 4) is 0 Å². The number of nitrogens with one attached hydrogen (secondary N) is 2. The van der Waals surface area contributed by atoms with Crippen molar-refractivity contribution in [2.45, 2.75) is 26.2 Å². The van der Waals surface area contributed by atoms with E-state index in [1.165, 1.54) is 0 Å². The van der Waals surface area contributed by atoms with Crippen LogP contribution in [0, 0.1) is 12.8 Å². The SMILES string of the molecule is Cc1nc(NC(=O)CC[C@H]2Cc3ccccc3NC2=O)ccc1Br. The summed E-state index contributed by atoms with van der Waals surface area (Å²) in [5.74, 6) is 0.208. The molecule has 0 fully saturated rings. The number of pyridine rings is 1. The third-order valence-electron chi connectivity index (χ3n) is 4.12. The molecule has 0 spiro atoms. The second-order valence-corrected chi connectivity index (χ2v) is 6.75. The highest BCUT2D eigenvalue weighted by molar-refractivity contribution is 9.10. The van der Waals surface area contributed by atoms with Crippen LogP contribution in [0.5, 0.6) is 0 Å². The number of carbonyl (C=O) groups excluding carboxylic acids is 2. The van der Waals surface area contributed by atoms with Crippen LogP contribution in [0.4, 0.5) is 11.5 Å². The lowest BCUT2D eigenvalue weighted by Crippen LogP contribution is -2.30. The predicted molar refractivity (Wildman–Crippen MR) is 96.8 cm³/mol. The Morgan fingerprint density at radius 1 is 1.33 bits per heavy atom. The van der Waals surface area contributed by atoms with Gasteiger partial charge in [-0.05, 0) is 59.5 Å². The van der Waals surface area contributed by atoms with E-state index in [4.69, 9.17) is 0 Å². The van der Waals surface area contributed by atoms with E-state index in [0.717, 1.165) is 21.4 Å². The Bertz CT molecular complexity index is 792. The molecule has 0 saturated heterocycles. The molecule has 6 heteroatoms. The van der Waals surface area contributed by atoms with Crippen molar-refractivity contribution in [2.75, 3.05) is 10.6 Å². The van der Waals surface area contributed by atoms with Crippen LogP contribution in [0.1, 0.15) is 24.1 Å². The summed E-state index contributed by atoms with van der Waals surface area (Å²) < 4.78 is 0.901. The highest BCUT2D eigenvalue weighted by atomic mass is 79.9. The van der Waals surface area contributed by atoms with Gasteiger partial charge in [-0.3, -0.25) is 9.59 Å². The number of benzene rings is 1. The monoisotopic (exact) mass is 387 g/mol. The highest BCUT2D eigenvalue weighted by Gasteiger charge is 2.26. The van der Waals surface area contributed by atoms with E-state index < -0.39 is 0 Å². The molecule has 1 aromatic carbocycles. The zero-order valence-electron chi connectivity index (χ0n) is 13.3. The summed E-state index contributed by atoms with van der Waals surface area (Å²) in [7, 11) is 0. The van der Waals surface area contributed by atoms with Gasteiger partial charge in [0.1, 0.15) is 5.82 Å². The van der Waals surface area contributed by atoms with Crippen molar-refractivity contribution in [1.82, 2.24) is 4.98 Å². The number of amides is 2. The van der Waals surface area contributed by atoms with Gasteiger partial charge in [0.25, 0.3) is 0 Å². The van der Waals surface area contributed by atoms with E-state index in [1.807, 2.05) is 37.3 Å². The summed E-state index contributed by atoms with van der Waals surface area (Å²) in [6.07, 6.45) is 1.48. The molecule has 1 aliphatic heterocycles. The van der Waals surface area contributed by atoms with E-state index in [2.05, 4.69) is 31.5 Å². The third-order valence-corrected chi connectivity index (χ3v) is 4.96. The smallest absolute Gasteiger partial charge is 0.227 e. The van der Waals surface area contributed by atoms with Crippen LogP contribution in [-0.4, -0.2) is 16.8 Å². The molecule has 1 aliphatic rings. The second kappa shape index (κ2) is 7.13. The summed E-state index contributed by atoms with van der Waals surface area (Å²) in [4.78, 5) is 28.6. The molecule has 2 heterocycles. The Morgan fingerprint density at radius 2 is 2.12 bits per heavy atom. The number of aryl methyl sites for hydroxylation is 1. The van der Waals surface area contributed by atoms with Gasteiger partial charge in [-0.15, -0.1) is 0 Å². The molecule has 0 bridgehead atoms. The van der Waals surface area contributed by atoms with Crippen molar-refractivity contribution >= 4 is 39.2 Å². The number of aromatic nitrogens is 1. The number of carbonyl (C=O) groups is 2. The number of nitrogens with zero attached hydrogens (tertiary/aromatic N) is 1. The quantitative estimate of drug-likeness (QED) is 0.840. The lowest BCUT2D eigenvalue weighted by atomic mass is 9.89. The molecule has 1 aromatic heterocycles. The molecule has 0 saturated carbocycles. The van der Waals surface area contributed by atoms with E-state index in [0.29, 0.717) is 18.7 Å². The minimum Gasteiger partial charge on any atom is -0.326 e. The maximum Gasteiger partial charge on any atom is 0.227 e. The fourth-order valence-corrected chi connectivity index (χ4v) is 2.99. The second-order valence-electron chi connectivity index (χ2n) is 5.90. The lowest BCUT2D eigenvalue weighted by molar-refractivity contribution is -0.121. The van der Waals surface area contributed by atoms with Gasteiger partial charge in [-0.2, -0.15) is 0 Å². The van der Waals surface area contributed by atoms with E-state index in [9.17, 15) is 9.59 Å². The maximum absolute atomic E-state index is 12.1. The van der Waals surface area contributed by atoms with E-state index >= 15 is 0 Å². The molecule has 0 unspecified atom stereocenters. The number of hydrogen-bond donors (Lipinski definition) is 2. The Morgan fingerprint density at radius 3 is 2.92 bits per heavy atom. The van der Waals surface area contributed by atoms with Crippen LogP contribution in [0.15, 0.2) is 40.9 Å². The van der Waals surface area contributed by atoms with Gasteiger partial charge in [0.2, 0.25) is 11.8 Å². The number of para-hydroxylation sites is 1. The molecule has 124 valence electrons. The molecule has 2 amide bonds. The summed E-state index contributed by atoms with van der Waals surface area (Å²) in [5, 5.41) is 5.69. The Hall–Kier alpha value is -2.21. The lowest BCUT2D eigenvalue weighted by Gasteiger charge is -2.24. The first-order valence-electron chi connectivity index (χ1n) is 7.84. The van der Waals surface area contributed by atoms with Crippen LogP contribution in [-0.2, 0) is 16.0 Å². The number of halogens is 1. The van der Waals surface area contributed by atoms with E-state index in [1.54, 1.807) is 6.07 Å². The predicted octanol–water partition coefficient (Wildman–Crippen LogP) is 3.68. The van der Waals surface area contributed by atoms with Gasteiger partial charge in [-0.1, -0.05) is 18.2 Å².